The van der Waals surface area contributed by atoms with Gasteiger partial charge in [0.25, 0.3) is 0 Å². The molecule has 0 aliphatic rings. The summed E-state index contributed by atoms with van der Waals surface area (Å²) in [5.74, 6) is 3.29. The molecule has 2 rings (SSSR count). The number of nitrogens with one attached hydrogen (secondary N) is 1. The summed E-state index contributed by atoms with van der Waals surface area (Å²) in [4.78, 5) is 4.36. The monoisotopic (exact) mass is 503 g/mol. The molecular formula is C19H26IN3O5. The van der Waals surface area contributed by atoms with Gasteiger partial charge in [-0.1, -0.05) is 0 Å². The summed E-state index contributed by atoms with van der Waals surface area (Å²) in [7, 11) is 7.88. The molecule has 0 radical (unpaired) electrons. The van der Waals surface area contributed by atoms with E-state index in [1.165, 1.54) is 0 Å². The smallest absolute Gasteiger partial charge is 0.193 e. The van der Waals surface area contributed by atoms with E-state index in [9.17, 15) is 0 Å². The van der Waals surface area contributed by atoms with E-state index < -0.39 is 0 Å². The first-order chi connectivity index (χ1) is 13.1. The molecule has 2 aromatic rings. The zero-order valence-corrected chi connectivity index (χ0v) is 18.9. The van der Waals surface area contributed by atoms with Crippen molar-refractivity contribution in [3.05, 3.63) is 35.9 Å². The number of hydrogen-bond donors (Lipinski definition) is 2. The maximum Gasteiger partial charge on any atom is 0.193 e. The molecule has 28 heavy (non-hydrogen) atoms. The first-order valence-electron chi connectivity index (χ1n) is 8.14. The second-order valence-electron chi connectivity index (χ2n) is 5.42. The number of nitrogens with two attached hydrogens (primary N) is 1. The molecule has 0 aliphatic carbocycles. The molecule has 3 N–H and O–H groups in total. The van der Waals surface area contributed by atoms with Crippen molar-refractivity contribution in [3.8, 4) is 28.7 Å². The lowest BCUT2D eigenvalue weighted by atomic mass is 10.1. The van der Waals surface area contributed by atoms with E-state index in [-0.39, 0.29) is 29.9 Å². The molecule has 0 atom stereocenters. The fraction of sp³-hybridized carbons (Fsp3) is 0.316. The van der Waals surface area contributed by atoms with Gasteiger partial charge >= 0.3 is 0 Å². The third-order valence-electron chi connectivity index (χ3n) is 3.86. The van der Waals surface area contributed by atoms with Crippen LogP contribution in [0.15, 0.2) is 35.3 Å². The standard InChI is InChI=1S/C19H25N3O5.HI/c1-23-14-7-6-13(9-17(14)26-4)22-19(20)21-11-12-8-16(25-3)18(27-5)10-15(12)24-2;/h6-10H,11H2,1-5H3,(H3,20,21,22);1H. The average molecular weight is 503 g/mol. The number of halogens is 1. The number of aliphatic imine (C=N–C) groups is 1. The fourth-order valence-electron chi connectivity index (χ4n) is 2.49. The number of anilines is 1. The van der Waals surface area contributed by atoms with Crippen molar-refractivity contribution in [2.24, 2.45) is 10.7 Å². The highest BCUT2D eigenvalue weighted by molar-refractivity contribution is 14.0. The van der Waals surface area contributed by atoms with Gasteiger partial charge in [-0.05, 0) is 18.2 Å². The van der Waals surface area contributed by atoms with Gasteiger partial charge in [-0.25, -0.2) is 4.99 Å². The molecule has 0 unspecified atom stereocenters. The molecule has 0 amide bonds. The van der Waals surface area contributed by atoms with E-state index in [1.54, 1.807) is 53.7 Å². The lowest BCUT2D eigenvalue weighted by Gasteiger charge is -2.13. The van der Waals surface area contributed by atoms with Crippen LogP contribution < -0.4 is 34.7 Å². The third-order valence-corrected chi connectivity index (χ3v) is 3.86. The molecule has 0 saturated carbocycles. The minimum atomic E-state index is 0. The molecule has 9 heteroatoms. The fourth-order valence-corrected chi connectivity index (χ4v) is 2.49. The van der Waals surface area contributed by atoms with Gasteiger partial charge in [0.1, 0.15) is 5.75 Å². The maximum atomic E-state index is 6.00. The van der Waals surface area contributed by atoms with E-state index in [0.717, 1.165) is 11.3 Å². The highest BCUT2D eigenvalue weighted by Gasteiger charge is 2.12. The summed E-state index contributed by atoms with van der Waals surface area (Å²) < 4.78 is 26.5. The first-order valence-corrected chi connectivity index (χ1v) is 8.14. The van der Waals surface area contributed by atoms with Crippen molar-refractivity contribution in [2.75, 3.05) is 40.9 Å². The Balaban J connectivity index is 0.00000392. The van der Waals surface area contributed by atoms with E-state index in [1.807, 2.05) is 12.1 Å². The zero-order valence-electron chi connectivity index (χ0n) is 16.6. The van der Waals surface area contributed by atoms with Crippen LogP contribution in [0.3, 0.4) is 0 Å². The van der Waals surface area contributed by atoms with Crippen LogP contribution in [0.2, 0.25) is 0 Å². The van der Waals surface area contributed by atoms with Gasteiger partial charge in [0.15, 0.2) is 29.0 Å². The lowest BCUT2D eigenvalue weighted by molar-refractivity contribution is 0.347. The molecule has 0 saturated heterocycles. The van der Waals surface area contributed by atoms with Gasteiger partial charge in [0.2, 0.25) is 0 Å². The van der Waals surface area contributed by atoms with Crippen LogP contribution in [0.25, 0.3) is 0 Å². The molecular weight excluding hydrogens is 477 g/mol. The summed E-state index contributed by atoms with van der Waals surface area (Å²) in [6.07, 6.45) is 0. The average Bonchev–Trinajstić information content (AvgIpc) is 2.71. The Morgan fingerprint density at radius 2 is 1.32 bits per heavy atom. The number of rotatable bonds is 8. The zero-order chi connectivity index (χ0) is 19.8. The predicted molar refractivity (Wildman–Crippen MR) is 120 cm³/mol. The summed E-state index contributed by atoms with van der Waals surface area (Å²) in [6, 6.07) is 8.94. The lowest BCUT2D eigenvalue weighted by Crippen LogP contribution is -2.22. The summed E-state index contributed by atoms with van der Waals surface area (Å²) in [6.45, 7) is 0.301. The highest BCUT2D eigenvalue weighted by Crippen LogP contribution is 2.35. The molecule has 0 spiro atoms. The van der Waals surface area contributed by atoms with Gasteiger partial charge in [-0.15, -0.1) is 24.0 Å². The van der Waals surface area contributed by atoms with E-state index in [0.29, 0.717) is 35.3 Å². The van der Waals surface area contributed by atoms with Crippen molar-refractivity contribution in [2.45, 2.75) is 6.54 Å². The number of ether oxygens (including phenoxy) is 5. The second kappa shape index (κ2) is 11.3. The third kappa shape index (κ3) is 5.72. The predicted octanol–water partition coefficient (Wildman–Crippen LogP) is 3.27. The number of hydrogen-bond acceptors (Lipinski definition) is 6. The van der Waals surface area contributed by atoms with Crippen LogP contribution in [-0.4, -0.2) is 41.5 Å². The normalized spacial score (nSPS) is 10.5. The number of benzene rings is 2. The van der Waals surface area contributed by atoms with Crippen LogP contribution >= 0.6 is 24.0 Å². The molecule has 0 aliphatic heterocycles. The molecule has 2 aromatic carbocycles. The SMILES string of the molecule is COc1cc(OC)c(OC)cc1CN=C(N)Nc1ccc(OC)c(OC)c1.I. The van der Waals surface area contributed by atoms with Crippen LogP contribution in [0.4, 0.5) is 5.69 Å². The van der Waals surface area contributed by atoms with Crippen molar-refractivity contribution >= 4 is 35.6 Å². The van der Waals surface area contributed by atoms with Crippen LogP contribution in [0.1, 0.15) is 5.56 Å². The molecule has 0 heterocycles. The summed E-state index contributed by atoms with van der Waals surface area (Å²) in [5.41, 5.74) is 7.55. The molecule has 8 nitrogen and oxygen atoms in total. The second-order valence-corrected chi connectivity index (χ2v) is 5.42. The largest absolute Gasteiger partial charge is 0.496 e. The van der Waals surface area contributed by atoms with E-state index in [2.05, 4.69) is 10.3 Å². The Morgan fingerprint density at radius 1 is 0.786 bits per heavy atom. The Hall–Kier alpha value is -2.56. The Morgan fingerprint density at radius 3 is 1.89 bits per heavy atom. The van der Waals surface area contributed by atoms with Crippen molar-refractivity contribution in [1.82, 2.24) is 0 Å². The van der Waals surface area contributed by atoms with E-state index in [4.69, 9.17) is 29.4 Å². The van der Waals surface area contributed by atoms with Gasteiger partial charge in [0.05, 0.1) is 42.1 Å². The topological polar surface area (TPSA) is 96.6 Å². The Labute approximate surface area is 182 Å². The summed E-state index contributed by atoms with van der Waals surface area (Å²) >= 11 is 0. The first kappa shape index (κ1) is 23.5. The van der Waals surface area contributed by atoms with E-state index >= 15 is 0 Å². The minimum absolute atomic E-state index is 0. The van der Waals surface area contributed by atoms with Crippen LogP contribution in [-0.2, 0) is 6.54 Å². The number of methoxy groups -OCH3 is 5. The Bertz CT molecular complexity index is 814. The van der Waals surface area contributed by atoms with Gasteiger partial charge in [0, 0.05) is 23.4 Å². The Kier molecular flexibility index (Phi) is 9.49. The van der Waals surface area contributed by atoms with Gasteiger partial charge in [-0.2, -0.15) is 0 Å². The molecule has 0 bridgehead atoms. The minimum Gasteiger partial charge on any atom is -0.496 e. The van der Waals surface area contributed by atoms with Crippen molar-refractivity contribution in [3.63, 3.8) is 0 Å². The van der Waals surface area contributed by atoms with Gasteiger partial charge < -0.3 is 34.7 Å². The van der Waals surface area contributed by atoms with Crippen molar-refractivity contribution in [1.29, 1.82) is 0 Å². The maximum absolute atomic E-state index is 6.00. The number of guanidine groups is 1. The molecule has 154 valence electrons. The van der Waals surface area contributed by atoms with Crippen molar-refractivity contribution < 1.29 is 23.7 Å². The summed E-state index contributed by atoms with van der Waals surface area (Å²) in [5, 5.41) is 3.02. The van der Waals surface area contributed by atoms with Crippen LogP contribution in [0, 0.1) is 0 Å². The van der Waals surface area contributed by atoms with Crippen LogP contribution in [0.5, 0.6) is 28.7 Å². The highest BCUT2D eigenvalue weighted by atomic mass is 127. The quantitative estimate of drug-likeness (QED) is 0.324. The molecule has 0 fully saturated rings. The van der Waals surface area contributed by atoms with Gasteiger partial charge in [-0.3, -0.25) is 0 Å². The number of nitrogens with zero attached hydrogens (tertiary/aromatic N) is 1. The molecule has 0 aromatic heterocycles.